The summed E-state index contributed by atoms with van der Waals surface area (Å²) in [6.45, 7) is 3.32. The maximum atomic E-state index is 11.0. The first kappa shape index (κ1) is 16.9. The average Bonchev–Trinajstić information content (AvgIpc) is 2.63. The van der Waals surface area contributed by atoms with Crippen molar-refractivity contribution in [2.24, 2.45) is 5.92 Å². The van der Waals surface area contributed by atoms with Crippen LogP contribution in [0.15, 0.2) is 30.3 Å². The molecule has 0 aromatic heterocycles. The lowest BCUT2D eigenvalue weighted by atomic mass is 9.86. The summed E-state index contributed by atoms with van der Waals surface area (Å²) in [6.07, 6.45) is 8.48. The van der Waals surface area contributed by atoms with Gasteiger partial charge in [0.2, 0.25) is 0 Å². The van der Waals surface area contributed by atoms with Crippen LogP contribution in [0.4, 0.5) is 4.79 Å². The van der Waals surface area contributed by atoms with Crippen LogP contribution in [0.1, 0.15) is 51.0 Å². The van der Waals surface area contributed by atoms with E-state index in [0.29, 0.717) is 19.2 Å². The monoisotopic (exact) mass is 329 g/mol. The minimum atomic E-state index is -0.841. The summed E-state index contributed by atoms with van der Waals surface area (Å²) in [7, 11) is 0. The van der Waals surface area contributed by atoms with Crippen LogP contribution < -0.4 is 4.74 Å². The van der Waals surface area contributed by atoms with Crippen molar-refractivity contribution in [1.82, 2.24) is 4.90 Å². The third-order valence-corrected chi connectivity index (χ3v) is 5.38. The molecule has 1 N–H and O–H groups in total. The van der Waals surface area contributed by atoms with Gasteiger partial charge in [-0.1, -0.05) is 31.6 Å². The first-order chi connectivity index (χ1) is 11.7. The number of hydrogen-bond donors (Lipinski definition) is 1. The number of benzene rings is 1. The number of hydrogen-bond acceptors (Lipinski definition) is 2. The molecule has 0 bridgehead atoms. The van der Waals surface area contributed by atoms with E-state index < -0.39 is 6.09 Å². The van der Waals surface area contributed by atoms with E-state index in [1.807, 2.05) is 18.2 Å². The second kappa shape index (κ2) is 7.73. The van der Waals surface area contributed by atoms with Gasteiger partial charge in [-0.3, -0.25) is 0 Å². The molecule has 1 saturated carbocycles. The van der Waals surface area contributed by atoms with Crippen LogP contribution in [-0.2, 0) is 0 Å². The Labute approximate surface area is 144 Å². The number of ether oxygens (including phenoxy) is 1. The molecule has 24 heavy (non-hydrogen) atoms. The maximum absolute atomic E-state index is 11.0. The normalized spacial score (nSPS) is 24.4. The summed E-state index contributed by atoms with van der Waals surface area (Å²) in [5.74, 6) is 1.83. The van der Waals surface area contributed by atoms with Gasteiger partial charge in [0.05, 0.1) is 6.10 Å². The molecule has 1 heterocycles. The Hall–Kier alpha value is -1.97. The molecule has 1 amide bonds. The molecule has 0 atom stereocenters. The number of amides is 1. The second-order valence-corrected chi connectivity index (χ2v) is 6.90. The van der Waals surface area contributed by atoms with Gasteiger partial charge >= 0.3 is 6.09 Å². The lowest BCUT2D eigenvalue weighted by molar-refractivity contribution is 0.130. The van der Waals surface area contributed by atoms with Gasteiger partial charge < -0.3 is 14.7 Å². The van der Waals surface area contributed by atoms with Gasteiger partial charge in [-0.05, 0) is 61.3 Å². The zero-order valence-electron chi connectivity index (χ0n) is 14.4. The lowest BCUT2D eigenvalue weighted by Gasteiger charge is -2.28. The second-order valence-electron chi connectivity index (χ2n) is 6.90. The Morgan fingerprint density at radius 1 is 1.21 bits per heavy atom. The molecule has 130 valence electrons. The third kappa shape index (κ3) is 4.11. The standard InChI is InChI=1S/C20H27NO3/c1-2-15-3-7-18(8-4-15)24-19-9-5-16(6-10-19)17-11-13-21(14-12-17)20(22)23/h5-6,9-11,15,18H,2-4,7-8,12-14H2,1H3,(H,22,23). The predicted molar refractivity (Wildman–Crippen MR) is 95.3 cm³/mol. The lowest BCUT2D eigenvalue weighted by Crippen LogP contribution is -2.33. The average molecular weight is 329 g/mol. The number of carbonyl (C=O) groups is 1. The molecule has 1 aromatic rings. The quantitative estimate of drug-likeness (QED) is 0.863. The fourth-order valence-electron chi connectivity index (χ4n) is 3.70. The highest BCUT2D eigenvalue weighted by atomic mass is 16.5. The topological polar surface area (TPSA) is 49.8 Å². The van der Waals surface area contributed by atoms with Gasteiger partial charge in [-0.2, -0.15) is 0 Å². The summed E-state index contributed by atoms with van der Waals surface area (Å²) in [4.78, 5) is 12.4. The summed E-state index contributed by atoms with van der Waals surface area (Å²) in [5.41, 5.74) is 2.39. The molecular weight excluding hydrogens is 302 g/mol. The Kier molecular flexibility index (Phi) is 5.44. The molecule has 1 fully saturated rings. The fraction of sp³-hybridized carbons (Fsp3) is 0.550. The SMILES string of the molecule is CCC1CCC(Oc2ccc(C3=CCN(C(=O)O)CC3)cc2)CC1. The van der Waals surface area contributed by atoms with Crippen LogP contribution in [-0.4, -0.2) is 35.3 Å². The molecule has 1 aromatic carbocycles. The molecule has 4 nitrogen and oxygen atoms in total. The summed E-state index contributed by atoms with van der Waals surface area (Å²) < 4.78 is 6.13. The van der Waals surface area contributed by atoms with E-state index in [0.717, 1.165) is 30.9 Å². The van der Waals surface area contributed by atoms with Crippen molar-refractivity contribution in [1.29, 1.82) is 0 Å². The van der Waals surface area contributed by atoms with E-state index in [2.05, 4.69) is 19.1 Å². The highest BCUT2D eigenvalue weighted by Gasteiger charge is 2.21. The van der Waals surface area contributed by atoms with Gasteiger partial charge in [0, 0.05) is 13.1 Å². The zero-order chi connectivity index (χ0) is 16.9. The zero-order valence-corrected chi connectivity index (χ0v) is 14.4. The first-order valence-electron chi connectivity index (χ1n) is 9.09. The summed E-state index contributed by atoms with van der Waals surface area (Å²) in [5, 5.41) is 9.00. The molecule has 0 unspecified atom stereocenters. The summed E-state index contributed by atoms with van der Waals surface area (Å²) in [6, 6.07) is 8.28. The van der Waals surface area contributed by atoms with Crippen molar-refractivity contribution < 1.29 is 14.6 Å². The van der Waals surface area contributed by atoms with Crippen molar-refractivity contribution in [2.45, 2.75) is 51.6 Å². The molecule has 3 rings (SSSR count). The molecule has 4 heteroatoms. The highest BCUT2D eigenvalue weighted by molar-refractivity contribution is 5.71. The van der Waals surface area contributed by atoms with E-state index in [9.17, 15) is 4.79 Å². The van der Waals surface area contributed by atoms with Crippen molar-refractivity contribution >= 4 is 11.7 Å². The fourth-order valence-corrected chi connectivity index (χ4v) is 3.70. The van der Waals surface area contributed by atoms with E-state index in [-0.39, 0.29) is 0 Å². The van der Waals surface area contributed by atoms with Crippen LogP contribution in [0, 0.1) is 5.92 Å². The van der Waals surface area contributed by atoms with Gasteiger partial charge in [0.1, 0.15) is 5.75 Å². The van der Waals surface area contributed by atoms with Crippen LogP contribution in [0.3, 0.4) is 0 Å². The first-order valence-corrected chi connectivity index (χ1v) is 9.09. The molecule has 0 radical (unpaired) electrons. The van der Waals surface area contributed by atoms with Crippen LogP contribution in [0.2, 0.25) is 0 Å². The van der Waals surface area contributed by atoms with Crippen LogP contribution in [0.5, 0.6) is 5.75 Å². The predicted octanol–water partition coefficient (Wildman–Crippen LogP) is 4.80. The molecule has 0 saturated heterocycles. The van der Waals surface area contributed by atoms with Crippen molar-refractivity contribution in [3.05, 3.63) is 35.9 Å². The maximum Gasteiger partial charge on any atom is 0.407 e. The van der Waals surface area contributed by atoms with E-state index >= 15 is 0 Å². The van der Waals surface area contributed by atoms with E-state index in [4.69, 9.17) is 9.84 Å². The van der Waals surface area contributed by atoms with Crippen molar-refractivity contribution in [2.75, 3.05) is 13.1 Å². The molecule has 2 aliphatic rings. The molecular formula is C20H27NO3. The van der Waals surface area contributed by atoms with Crippen LogP contribution in [0.25, 0.3) is 5.57 Å². The van der Waals surface area contributed by atoms with E-state index in [1.54, 1.807) is 0 Å². The molecule has 1 aliphatic carbocycles. The molecule has 1 aliphatic heterocycles. The number of rotatable bonds is 4. The highest BCUT2D eigenvalue weighted by Crippen LogP contribution is 2.30. The number of nitrogens with zero attached hydrogens (tertiary/aromatic N) is 1. The van der Waals surface area contributed by atoms with Gasteiger partial charge in [0.25, 0.3) is 0 Å². The smallest absolute Gasteiger partial charge is 0.407 e. The van der Waals surface area contributed by atoms with Crippen LogP contribution >= 0.6 is 0 Å². The minimum Gasteiger partial charge on any atom is -0.490 e. The Morgan fingerprint density at radius 3 is 2.46 bits per heavy atom. The Morgan fingerprint density at radius 2 is 1.92 bits per heavy atom. The Bertz CT molecular complexity index is 585. The van der Waals surface area contributed by atoms with Crippen molar-refractivity contribution in [3.8, 4) is 5.75 Å². The van der Waals surface area contributed by atoms with Gasteiger partial charge in [0.15, 0.2) is 0 Å². The Balaban J connectivity index is 1.55. The van der Waals surface area contributed by atoms with Gasteiger partial charge in [-0.15, -0.1) is 0 Å². The van der Waals surface area contributed by atoms with E-state index in [1.165, 1.54) is 35.3 Å². The minimum absolute atomic E-state index is 0.358. The summed E-state index contributed by atoms with van der Waals surface area (Å²) >= 11 is 0. The van der Waals surface area contributed by atoms with Gasteiger partial charge in [-0.25, -0.2) is 4.79 Å². The number of carboxylic acid groups (broad SMARTS) is 1. The molecule has 0 spiro atoms. The third-order valence-electron chi connectivity index (χ3n) is 5.38. The largest absolute Gasteiger partial charge is 0.490 e. The van der Waals surface area contributed by atoms with Crippen molar-refractivity contribution in [3.63, 3.8) is 0 Å².